The first-order chi connectivity index (χ1) is 9.08. The van der Waals surface area contributed by atoms with Crippen LogP contribution < -0.4 is 9.47 Å². The second-order valence-electron chi connectivity index (χ2n) is 4.08. The van der Waals surface area contributed by atoms with Crippen LogP contribution in [0.3, 0.4) is 0 Å². The molecule has 0 heterocycles. The van der Waals surface area contributed by atoms with Gasteiger partial charge in [-0.05, 0) is 30.8 Å². The van der Waals surface area contributed by atoms with Crippen LogP contribution in [0.5, 0.6) is 11.5 Å². The largest absolute Gasteiger partial charge is 0.493 e. The third kappa shape index (κ3) is 3.38. The van der Waals surface area contributed by atoms with Crippen molar-refractivity contribution in [3.8, 4) is 11.5 Å². The predicted octanol–water partition coefficient (Wildman–Crippen LogP) is 2.17. The summed E-state index contributed by atoms with van der Waals surface area (Å²) in [6.45, 7) is 5.23. The lowest BCUT2D eigenvalue weighted by Crippen LogP contribution is -2.33. The highest BCUT2D eigenvalue weighted by atomic mass is 16.5. The zero-order valence-corrected chi connectivity index (χ0v) is 11.8. The van der Waals surface area contributed by atoms with Crippen LogP contribution in [0.25, 0.3) is 0 Å². The summed E-state index contributed by atoms with van der Waals surface area (Å²) in [6, 6.07) is 4.54. The maximum atomic E-state index is 11.5. The zero-order valence-electron chi connectivity index (χ0n) is 11.8. The van der Waals surface area contributed by atoms with Gasteiger partial charge in [-0.15, -0.1) is 0 Å². The van der Waals surface area contributed by atoms with Crippen molar-refractivity contribution in [1.82, 2.24) is 4.90 Å². The van der Waals surface area contributed by atoms with E-state index < -0.39 is 12.0 Å². The van der Waals surface area contributed by atoms with E-state index >= 15 is 0 Å². The van der Waals surface area contributed by atoms with Gasteiger partial charge in [0.05, 0.1) is 14.2 Å². The summed E-state index contributed by atoms with van der Waals surface area (Å²) in [7, 11) is 3.09. The average Bonchev–Trinajstić information content (AvgIpc) is 2.43. The molecule has 0 aliphatic carbocycles. The molecule has 0 bridgehead atoms. The predicted molar refractivity (Wildman–Crippen MR) is 72.8 cm³/mol. The summed E-state index contributed by atoms with van der Waals surface area (Å²) in [5.41, 5.74) is 0.689. The Morgan fingerprint density at radius 3 is 2.21 bits per heavy atom. The van der Waals surface area contributed by atoms with Crippen LogP contribution in [0.15, 0.2) is 18.2 Å². The summed E-state index contributed by atoms with van der Waals surface area (Å²) >= 11 is 0. The molecule has 19 heavy (non-hydrogen) atoms. The monoisotopic (exact) mass is 267 g/mol. The number of carboxylic acids is 1. The summed E-state index contributed by atoms with van der Waals surface area (Å²) in [5, 5.41) is 9.44. The van der Waals surface area contributed by atoms with E-state index in [2.05, 4.69) is 0 Å². The van der Waals surface area contributed by atoms with Crippen LogP contribution in [0.1, 0.15) is 25.5 Å². The molecule has 1 N–H and O–H groups in total. The van der Waals surface area contributed by atoms with Crippen LogP contribution in [0.2, 0.25) is 0 Å². The van der Waals surface area contributed by atoms with Crippen LogP contribution in [-0.2, 0) is 4.79 Å². The minimum absolute atomic E-state index is 0.540. The van der Waals surface area contributed by atoms with E-state index in [4.69, 9.17) is 9.47 Å². The first kappa shape index (κ1) is 15.3. The lowest BCUT2D eigenvalue weighted by atomic mass is 10.0. The van der Waals surface area contributed by atoms with E-state index in [9.17, 15) is 9.90 Å². The van der Waals surface area contributed by atoms with Gasteiger partial charge in [-0.1, -0.05) is 19.9 Å². The summed E-state index contributed by atoms with van der Waals surface area (Å²) in [6.07, 6.45) is 0. The van der Waals surface area contributed by atoms with Crippen molar-refractivity contribution in [3.05, 3.63) is 23.8 Å². The fourth-order valence-electron chi connectivity index (χ4n) is 2.12. The maximum Gasteiger partial charge on any atom is 0.325 e. The molecule has 1 rings (SSSR count). The van der Waals surface area contributed by atoms with Crippen molar-refractivity contribution in [1.29, 1.82) is 0 Å². The quantitative estimate of drug-likeness (QED) is 0.820. The van der Waals surface area contributed by atoms with Gasteiger partial charge >= 0.3 is 5.97 Å². The molecule has 0 aliphatic rings. The fourth-order valence-corrected chi connectivity index (χ4v) is 2.12. The third-order valence-corrected chi connectivity index (χ3v) is 3.13. The van der Waals surface area contributed by atoms with Crippen molar-refractivity contribution < 1.29 is 19.4 Å². The first-order valence-corrected chi connectivity index (χ1v) is 6.27. The highest BCUT2D eigenvalue weighted by molar-refractivity contribution is 5.76. The zero-order chi connectivity index (χ0) is 14.4. The average molecular weight is 267 g/mol. The minimum atomic E-state index is -0.865. The molecule has 0 radical (unpaired) electrons. The number of ether oxygens (including phenoxy) is 2. The Balaban J connectivity index is 3.20. The molecule has 0 saturated heterocycles. The molecule has 0 aliphatic heterocycles. The molecular formula is C14H21NO4. The second kappa shape index (κ2) is 6.99. The topological polar surface area (TPSA) is 59.0 Å². The molecule has 5 heteroatoms. The van der Waals surface area contributed by atoms with Gasteiger partial charge in [-0.25, -0.2) is 0 Å². The number of hydrogen-bond acceptors (Lipinski definition) is 4. The van der Waals surface area contributed by atoms with Gasteiger partial charge in [0.25, 0.3) is 0 Å². The number of likely N-dealkylation sites (N-methyl/N-ethyl adjacent to an activating group) is 1. The minimum Gasteiger partial charge on any atom is -0.493 e. The summed E-state index contributed by atoms with van der Waals surface area (Å²) < 4.78 is 10.4. The highest BCUT2D eigenvalue weighted by Crippen LogP contribution is 2.32. The standard InChI is InChI=1S/C14H21NO4/c1-5-15(6-2)13(14(16)17)10-7-8-11(18-3)12(9-10)19-4/h7-9,13H,5-6H2,1-4H3,(H,16,17). The number of methoxy groups -OCH3 is 2. The lowest BCUT2D eigenvalue weighted by Gasteiger charge is -2.26. The Bertz CT molecular complexity index is 429. The van der Waals surface area contributed by atoms with Gasteiger partial charge in [0, 0.05) is 0 Å². The fraction of sp³-hybridized carbons (Fsp3) is 0.500. The third-order valence-electron chi connectivity index (χ3n) is 3.13. The van der Waals surface area contributed by atoms with E-state index in [1.54, 1.807) is 25.3 Å². The SMILES string of the molecule is CCN(CC)C(C(=O)O)c1ccc(OC)c(OC)c1. The number of benzene rings is 1. The van der Waals surface area contributed by atoms with E-state index in [0.29, 0.717) is 30.2 Å². The van der Waals surface area contributed by atoms with Crippen molar-refractivity contribution >= 4 is 5.97 Å². The van der Waals surface area contributed by atoms with Gasteiger partial charge < -0.3 is 14.6 Å². The number of carbonyl (C=O) groups is 1. The Morgan fingerprint density at radius 2 is 1.79 bits per heavy atom. The lowest BCUT2D eigenvalue weighted by molar-refractivity contribution is -0.143. The molecule has 106 valence electrons. The highest BCUT2D eigenvalue weighted by Gasteiger charge is 2.26. The van der Waals surface area contributed by atoms with Crippen molar-refractivity contribution in [2.45, 2.75) is 19.9 Å². The molecule has 0 aromatic heterocycles. The molecule has 1 aromatic rings. The first-order valence-electron chi connectivity index (χ1n) is 6.27. The van der Waals surface area contributed by atoms with Crippen LogP contribution >= 0.6 is 0 Å². The maximum absolute atomic E-state index is 11.5. The smallest absolute Gasteiger partial charge is 0.325 e. The van der Waals surface area contributed by atoms with E-state index in [-0.39, 0.29) is 0 Å². The van der Waals surface area contributed by atoms with Crippen molar-refractivity contribution in [2.24, 2.45) is 0 Å². The number of rotatable bonds is 7. The number of hydrogen-bond donors (Lipinski definition) is 1. The van der Waals surface area contributed by atoms with Crippen molar-refractivity contribution in [2.75, 3.05) is 27.3 Å². The van der Waals surface area contributed by atoms with E-state index in [1.165, 1.54) is 7.11 Å². The molecule has 0 saturated carbocycles. The Kier molecular flexibility index (Phi) is 5.63. The van der Waals surface area contributed by atoms with Crippen LogP contribution in [0, 0.1) is 0 Å². The number of aliphatic carboxylic acids is 1. The molecule has 0 spiro atoms. The molecule has 1 atom stereocenters. The summed E-state index contributed by atoms with van der Waals surface area (Å²) in [5.74, 6) is 0.268. The Hall–Kier alpha value is -1.75. The molecule has 0 fully saturated rings. The molecular weight excluding hydrogens is 246 g/mol. The number of nitrogens with zero attached hydrogens (tertiary/aromatic N) is 1. The molecule has 5 nitrogen and oxygen atoms in total. The Morgan fingerprint density at radius 1 is 1.21 bits per heavy atom. The van der Waals surface area contributed by atoms with Gasteiger partial charge in [-0.3, -0.25) is 9.69 Å². The second-order valence-corrected chi connectivity index (χ2v) is 4.08. The van der Waals surface area contributed by atoms with Gasteiger partial charge in [0.1, 0.15) is 6.04 Å². The van der Waals surface area contributed by atoms with Crippen molar-refractivity contribution in [3.63, 3.8) is 0 Å². The molecule has 1 unspecified atom stereocenters. The summed E-state index contributed by atoms with van der Waals surface area (Å²) in [4.78, 5) is 13.4. The Labute approximate surface area is 113 Å². The molecule has 0 amide bonds. The molecule has 1 aromatic carbocycles. The normalized spacial score (nSPS) is 12.3. The van der Waals surface area contributed by atoms with Crippen LogP contribution in [0.4, 0.5) is 0 Å². The number of carboxylic acid groups (broad SMARTS) is 1. The van der Waals surface area contributed by atoms with Gasteiger partial charge in [0.2, 0.25) is 0 Å². The van der Waals surface area contributed by atoms with E-state index in [1.807, 2.05) is 18.7 Å². The van der Waals surface area contributed by atoms with Gasteiger partial charge in [0.15, 0.2) is 11.5 Å². The van der Waals surface area contributed by atoms with E-state index in [0.717, 1.165) is 0 Å². The van der Waals surface area contributed by atoms with Gasteiger partial charge in [-0.2, -0.15) is 0 Å². The van der Waals surface area contributed by atoms with Crippen LogP contribution in [-0.4, -0.2) is 43.3 Å².